The van der Waals surface area contributed by atoms with Gasteiger partial charge in [0.15, 0.2) is 0 Å². The highest BCUT2D eigenvalue weighted by atomic mass is 16.6. The van der Waals surface area contributed by atoms with Gasteiger partial charge in [-0.15, -0.1) is 0 Å². The van der Waals surface area contributed by atoms with Crippen molar-refractivity contribution in [1.29, 1.82) is 0 Å². The van der Waals surface area contributed by atoms with Crippen molar-refractivity contribution >= 4 is 16.7 Å². The first-order valence-corrected chi connectivity index (χ1v) is 10.8. The van der Waals surface area contributed by atoms with Crippen LogP contribution in [0.25, 0.3) is 10.8 Å². The topological polar surface area (TPSA) is 50.4 Å². The number of carbonyl (C=O) groups is 1. The summed E-state index contributed by atoms with van der Waals surface area (Å²) in [5.74, 6) is 0.312. The molecule has 1 aliphatic carbocycles. The first-order chi connectivity index (χ1) is 14.7. The summed E-state index contributed by atoms with van der Waals surface area (Å²) in [7, 11) is 1.45. The van der Waals surface area contributed by atoms with Gasteiger partial charge in [-0.2, -0.15) is 0 Å². The second kappa shape index (κ2) is 9.41. The average Bonchev–Trinajstić information content (AvgIpc) is 2.79. The Hall–Kier alpha value is -2.69. The second-order valence-electron chi connectivity index (χ2n) is 8.27. The van der Waals surface area contributed by atoms with Gasteiger partial charge >= 0.3 is 0 Å². The number of carbonyl (C=O) groups excluding carboxylic acids is 1. The lowest BCUT2D eigenvalue weighted by atomic mass is 9.80. The molecule has 1 aliphatic rings. The fraction of sp³-hybridized carbons (Fsp3) is 0.346. The molecule has 3 aromatic rings. The van der Waals surface area contributed by atoms with E-state index in [0.29, 0.717) is 23.6 Å². The quantitative estimate of drug-likeness (QED) is 0.535. The van der Waals surface area contributed by atoms with Gasteiger partial charge < -0.3 is 5.32 Å². The summed E-state index contributed by atoms with van der Waals surface area (Å²) >= 11 is 0. The van der Waals surface area contributed by atoms with E-state index in [1.54, 1.807) is 0 Å². The molecule has 4 nitrogen and oxygen atoms in total. The number of benzene rings is 3. The van der Waals surface area contributed by atoms with Crippen LogP contribution in [0.1, 0.15) is 66.1 Å². The second-order valence-corrected chi connectivity index (χ2v) is 8.27. The van der Waals surface area contributed by atoms with Gasteiger partial charge in [-0.25, -0.2) is 5.48 Å². The van der Waals surface area contributed by atoms with E-state index in [1.807, 2.05) is 12.1 Å². The molecule has 1 saturated carbocycles. The van der Waals surface area contributed by atoms with Gasteiger partial charge in [0.2, 0.25) is 0 Å². The Bertz CT molecular complexity index is 994. The summed E-state index contributed by atoms with van der Waals surface area (Å²) in [6, 6.07) is 23.9. The molecule has 4 rings (SSSR count). The lowest BCUT2D eigenvalue weighted by Crippen LogP contribution is -2.35. The zero-order chi connectivity index (χ0) is 20.9. The molecule has 1 amide bonds. The van der Waals surface area contributed by atoms with E-state index in [9.17, 15) is 4.79 Å². The number of hydrogen-bond donors (Lipinski definition) is 2. The van der Waals surface area contributed by atoms with Crippen molar-refractivity contribution in [3.8, 4) is 0 Å². The first-order valence-electron chi connectivity index (χ1n) is 10.8. The molecule has 0 saturated heterocycles. The highest BCUT2D eigenvalue weighted by molar-refractivity contribution is 5.93. The standard InChI is InChI=1S/C26H30N2O2/c1-18(24-12-6-8-20-7-3-4-11-25(20)24)27-23-10-5-9-22(17-23)19-13-15-21(16-14-19)26(29)28-30-2/h3-4,6-8,11-16,18,22-23,27H,5,9-10,17H2,1-2H3,(H,28,29)/t18-,22+,23?/m1/s1. The fourth-order valence-electron chi connectivity index (χ4n) is 4.77. The van der Waals surface area contributed by atoms with Crippen LogP contribution in [-0.2, 0) is 4.84 Å². The van der Waals surface area contributed by atoms with Gasteiger partial charge in [0.25, 0.3) is 5.91 Å². The van der Waals surface area contributed by atoms with E-state index < -0.39 is 0 Å². The van der Waals surface area contributed by atoms with Crippen molar-refractivity contribution in [3.63, 3.8) is 0 Å². The predicted molar refractivity (Wildman–Crippen MR) is 121 cm³/mol. The van der Waals surface area contributed by atoms with E-state index in [2.05, 4.69) is 72.3 Å². The van der Waals surface area contributed by atoms with Crippen LogP contribution in [-0.4, -0.2) is 19.1 Å². The Morgan fingerprint density at radius 1 is 1.00 bits per heavy atom. The van der Waals surface area contributed by atoms with E-state index >= 15 is 0 Å². The number of hydroxylamine groups is 1. The summed E-state index contributed by atoms with van der Waals surface area (Å²) in [6.45, 7) is 2.27. The van der Waals surface area contributed by atoms with Crippen molar-refractivity contribution in [1.82, 2.24) is 10.8 Å². The van der Waals surface area contributed by atoms with E-state index in [4.69, 9.17) is 4.84 Å². The summed E-state index contributed by atoms with van der Waals surface area (Å²) in [5, 5.41) is 6.52. The number of rotatable bonds is 6. The predicted octanol–water partition coefficient (Wildman–Crippen LogP) is 5.51. The third kappa shape index (κ3) is 4.55. The maximum atomic E-state index is 11.9. The maximum absolute atomic E-state index is 11.9. The Kier molecular flexibility index (Phi) is 6.46. The molecule has 3 atom stereocenters. The van der Waals surface area contributed by atoms with Crippen molar-refractivity contribution in [2.75, 3.05) is 7.11 Å². The zero-order valence-corrected chi connectivity index (χ0v) is 17.7. The molecule has 0 aliphatic heterocycles. The van der Waals surface area contributed by atoms with Crippen molar-refractivity contribution in [2.24, 2.45) is 0 Å². The molecular weight excluding hydrogens is 372 g/mol. The average molecular weight is 403 g/mol. The minimum Gasteiger partial charge on any atom is -0.307 e. The normalized spacial score (nSPS) is 20.1. The highest BCUT2D eigenvalue weighted by Gasteiger charge is 2.25. The minimum absolute atomic E-state index is 0.212. The lowest BCUT2D eigenvalue weighted by molar-refractivity contribution is 0.0537. The summed E-state index contributed by atoms with van der Waals surface area (Å²) in [4.78, 5) is 16.6. The van der Waals surface area contributed by atoms with Gasteiger partial charge in [0, 0.05) is 17.6 Å². The van der Waals surface area contributed by atoms with Gasteiger partial charge in [0.05, 0.1) is 7.11 Å². The lowest BCUT2D eigenvalue weighted by Gasteiger charge is -2.32. The van der Waals surface area contributed by atoms with Crippen LogP contribution in [0.15, 0.2) is 66.7 Å². The van der Waals surface area contributed by atoms with Crippen LogP contribution < -0.4 is 10.8 Å². The molecule has 0 spiro atoms. The van der Waals surface area contributed by atoms with Crippen molar-refractivity contribution in [2.45, 2.75) is 50.6 Å². The van der Waals surface area contributed by atoms with Crippen molar-refractivity contribution in [3.05, 3.63) is 83.4 Å². The van der Waals surface area contributed by atoms with E-state index in [0.717, 1.165) is 6.42 Å². The molecule has 0 radical (unpaired) electrons. The Balaban J connectivity index is 1.43. The smallest absolute Gasteiger partial charge is 0.274 e. The first kappa shape index (κ1) is 20.6. The van der Waals surface area contributed by atoms with Crippen LogP contribution in [0.3, 0.4) is 0 Å². The molecule has 1 fully saturated rings. The third-order valence-corrected chi connectivity index (χ3v) is 6.29. The summed E-state index contributed by atoms with van der Waals surface area (Å²) in [6.07, 6.45) is 4.75. The fourth-order valence-corrected chi connectivity index (χ4v) is 4.77. The number of amides is 1. The maximum Gasteiger partial charge on any atom is 0.274 e. The van der Waals surface area contributed by atoms with Crippen LogP contribution in [0, 0.1) is 0 Å². The Labute approximate surface area is 178 Å². The summed E-state index contributed by atoms with van der Waals surface area (Å²) in [5.41, 5.74) is 5.67. The molecule has 0 bridgehead atoms. The van der Waals surface area contributed by atoms with E-state index in [1.165, 1.54) is 48.3 Å². The van der Waals surface area contributed by atoms with Crippen LogP contribution in [0.4, 0.5) is 0 Å². The minimum atomic E-state index is -0.212. The van der Waals surface area contributed by atoms with E-state index in [-0.39, 0.29) is 5.91 Å². The molecule has 0 heterocycles. The number of hydrogen-bond acceptors (Lipinski definition) is 3. The molecule has 4 heteroatoms. The zero-order valence-electron chi connectivity index (χ0n) is 17.7. The van der Waals surface area contributed by atoms with Crippen LogP contribution >= 0.6 is 0 Å². The van der Waals surface area contributed by atoms with Gasteiger partial charge in [-0.1, -0.05) is 61.0 Å². The molecule has 0 aromatic heterocycles. The molecule has 3 aromatic carbocycles. The third-order valence-electron chi connectivity index (χ3n) is 6.29. The molecule has 2 N–H and O–H groups in total. The number of fused-ring (bicyclic) bond motifs is 1. The van der Waals surface area contributed by atoms with Gasteiger partial charge in [-0.3, -0.25) is 9.63 Å². The molecule has 1 unspecified atom stereocenters. The van der Waals surface area contributed by atoms with Gasteiger partial charge in [0.1, 0.15) is 0 Å². The molecule has 30 heavy (non-hydrogen) atoms. The van der Waals surface area contributed by atoms with Crippen LogP contribution in [0.5, 0.6) is 0 Å². The largest absolute Gasteiger partial charge is 0.307 e. The molecular formula is C26H30N2O2. The Morgan fingerprint density at radius 3 is 2.57 bits per heavy atom. The molecule has 156 valence electrons. The van der Waals surface area contributed by atoms with Gasteiger partial charge in [-0.05, 0) is 66.1 Å². The summed E-state index contributed by atoms with van der Waals surface area (Å²) < 4.78 is 0. The number of nitrogens with one attached hydrogen (secondary N) is 2. The van der Waals surface area contributed by atoms with Crippen LogP contribution in [0.2, 0.25) is 0 Å². The SMILES string of the molecule is CONC(=O)c1ccc([C@H]2CCCC(N[C@H](C)c3cccc4ccccc34)C2)cc1. The monoisotopic (exact) mass is 402 g/mol. The Morgan fingerprint density at radius 2 is 1.77 bits per heavy atom. The highest BCUT2D eigenvalue weighted by Crippen LogP contribution is 2.34. The van der Waals surface area contributed by atoms with Crippen molar-refractivity contribution < 1.29 is 9.63 Å².